The van der Waals surface area contributed by atoms with Gasteiger partial charge >= 0.3 is 6.09 Å². The number of nitriles is 1. The van der Waals surface area contributed by atoms with E-state index in [0.29, 0.717) is 34.6 Å². The van der Waals surface area contributed by atoms with Crippen LogP contribution in [0.1, 0.15) is 16.7 Å². The summed E-state index contributed by atoms with van der Waals surface area (Å²) >= 11 is 0. The number of anilines is 3. The van der Waals surface area contributed by atoms with Crippen molar-refractivity contribution in [1.82, 2.24) is 9.61 Å². The van der Waals surface area contributed by atoms with Gasteiger partial charge < -0.3 is 19.5 Å². The molecule has 200 valence electrons. The number of fused-ring (bicyclic) bond motifs is 1. The van der Waals surface area contributed by atoms with E-state index in [0.717, 1.165) is 28.3 Å². The van der Waals surface area contributed by atoms with Crippen LogP contribution in [-0.4, -0.2) is 29.4 Å². The molecule has 0 spiro atoms. The highest BCUT2D eigenvalue weighted by Gasteiger charge is 2.18. The van der Waals surface area contributed by atoms with Crippen LogP contribution < -0.4 is 20.1 Å². The minimum atomic E-state index is -0.578. The van der Waals surface area contributed by atoms with Crippen molar-refractivity contribution in [2.24, 2.45) is 0 Å². The maximum Gasteiger partial charge on any atom is 0.411 e. The summed E-state index contributed by atoms with van der Waals surface area (Å²) in [7, 11) is 1.61. The quantitative estimate of drug-likeness (QED) is 0.213. The summed E-state index contributed by atoms with van der Waals surface area (Å²) in [6.07, 6.45) is 3.15. The minimum Gasteiger partial charge on any atom is -0.497 e. The van der Waals surface area contributed by atoms with Crippen LogP contribution in [0, 0.1) is 18.3 Å². The van der Waals surface area contributed by atoms with Crippen LogP contribution >= 0.6 is 0 Å². The molecular weight excluding hydrogens is 506 g/mol. The standard InChI is InChI=1S/C31H27N5O4/c1-21-28(35-31(37)39-16-15-22-7-6-10-27(17-22)38-2)20-36-30(21)29(23(18-32)19-33-36)34-24-11-13-26(14-12-24)40-25-8-4-3-5-9-25/h3-14,17,19-20,34H,15-16H2,1-2H3,(H,35,37). The normalized spacial score (nSPS) is 10.5. The summed E-state index contributed by atoms with van der Waals surface area (Å²) in [5.74, 6) is 2.18. The zero-order chi connectivity index (χ0) is 27.9. The Hall–Kier alpha value is -5.49. The molecule has 5 rings (SSSR count). The van der Waals surface area contributed by atoms with Crippen molar-refractivity contribution < 1.29 is 19.0 Å². The summed E-state index contributed by atoms with van der Waals surface area (Å²) in [6.45, 7) is 2.06. The topological polar surface area (TPSA) is 110 Å². The Morgan fingerprint density at radius 2 is 1.75 bits per heavy atom. The highest BCUT2D eigenvalue weighted by Crippen LogP contribution is 2.33. The van der Waals surface area contributed by atoms with Crippen LogP contribution in [0.4, 0.5) is 21.9 Å². The van der Waals surface area contributed by atoms with Crippen molar-refractivity contribution in [2.45, 2.75) is 13.3 Å². The predicted octanol–water partition coefficient (Wildman–Crippen LogP) is 6.85. The third-order valence-corrected chi connectivity index (χ3v) is 6.27. The number of ether oxygens (including phenoxy) is 3. The number of nitrogens with zero attached hydrogens (tertiary/aromatic N) is 3. The first kappa shape index (κ1) is 26.1. The lowest BCUT2D eigenvalue weighted by Gasteiger charge is -2.12. The zero-order valence-electron chi connectivity index (χ0n) is 22.0. The lowest BCUT2D eigenvalue weighted by atomic mass is 10.1. The molecule has 2 N–H and O–H groups in total. The lowest BCUT2D eigenvalue weighted by Crippen LogP contribution is -2.15. The molecule has 2 heterocycles. The third kappa shape index (κ3) is 5.97. The smallest absolute Gasteiger partial charge is 0.411 e. The monoisotopic (exact) mass is 533 g/mol. The Morgan fingerprint density at radius 1 is 1.00 bits per heavy atom. The highest BCUT2D eigenvalue weighted by molar-refractivity contribution is 5.92. The summed E-state index contributed by atoms with van der Waals surface area (Å²) < 4.78 is 18.1. The number of rotatable bonds is 9. The SMILES string of the molecule is COc1cccc(CCOC(=O)Nc2cn3ncc(C#N)c(Nc4ccc(Oc5ccccc5)cc4)c3c2C)c1. The number of amides is 1. The molecule has 5 aromatic rings. The average molecular weight is 534 g/mol. The van der Waals surface area contributed by atoms with E-state index in [1.807, 2.05) is 85.8 Å². The van der Waals surface area contributed by atoms with Crippen molar-refractivity contribution in [3.8, 4) is 23.3 Å². The van der Waals surface area contributed by atoms with Gasteiger partial charge in [0.1, 0.15) is 23.3 Å². The number of benzene rings is 3. The lowest BCUT2D eigenvalue weighted by molar-refractivity contribution is 0.163. The third-order valence-electron chi connectivity index (χ3n) is 6.27. The number of aryl methyl sites for hydroxylation is 1. The Balaban J connectivity index is 1.29. The molecule has 0 saturated carbocycles. The second-order valence-corrected chi connectivity index (χ2v) is 8.93. The van der Waals surface area contributed by atoms with Gasteiger partial charge in [0, 0.05) is 17.7 Å². The van der Waals surface area contributed by atoms with Crippen molar-refractivity contribution in [3.05, 3.63) is 108 Å². The summed E-state index contributed by atoms with van der Waals surface area (Å²) in [4.78, 5) is 12.5. The summed E-state index contributed by atoms with van der Waals surface area (Å²) in [6, 6.07) is 26.8. The molecule has 0 bridgehead atoms. The molecule has 0 unspecified atom stereocenters. The van der Waals surface area contributed by atoms with E-state index in [4.69, 9.17) is 14.2 Å². The van der Waals surface area contributed by atoms with Gasteiger partial charge in [0.15, 0.2) is 0 Å². The van der Waals surface area contributed by atoms with Gasteiger partial charge in [-0.15, -0.1) is 0 Å². The van der Waals surface area contributed by atoms with Gasteiger partial charge in [0.25, 0.3) is 0 Å². The molecule has 0 fully saturated rings. The molecule has 0 radical (unpaired) electrons. The maximum atomic E-state index is 12.5. The second-order valence-electron chi connectivity index (χ2n) is 8.93. The van der Waals surface area contributed by atoms with Crippen LogP contribution in [0.25, 0.3) is 5.52 Å². The fourth-order valence-electron chi connectivity index (χ4n) is 4.24. The number of nitrogens with one attached hydrogen (secondary N) is 2. The Bertz CT molecular complexity index is 1670. The van der Waals surface area contributed by atoms with Gasteiger partial charge in [-0.3, -0.25) is 5.32 Å². The molecule has 9 nitrogen and oxygen atoms in total. The molecular formula is C31H27N5O4. The number of carbonyl (C=O) groups is 1. The van der Waals surface area contributed by atoms with Gasteiger partial charge in [-0.05, 0) is 61.0 Å². The molecule has 2 aromatic heterocycles. The van der Waals surface area contributed by atoms with E-state index >= 15 is 0 Å². The Kier molecular flexibility index (Phi) is 7.79. The molecule has 0 atom stereocenters. The van der Waals surface area contributed by atoms with Gasteiger partial charge in [-0.1, -0.05) is 30.3 Å². The van der Waals surface area contributed by atoms with E-state index in [2.05, 4.69) is 21.8 Å². The van der Waals surface area contributed by atoms with E-state index in [-0.39, 0.29) is 6.61 Å². The zero-order valence-corrected chi connectivity index (χ0v) is 22.0. The highest BCUT2D eigenvalue weighted by atomic mass is 16.5. The first-order valence-corrected chi connectivity index (χ1v) is 12.6. The van der Waals surface area contributed by atoms with Crippen molar-refractivity contribution in [2.75, 3.05) is 24.4 Å². The number of methoxy groups -OCH3 is 1. The van der Waals surface area contributed by atoms with E-state index in [9.17, 15) is 10.1 Å². The fraction of sp³-hybridized carbons (Fsp3) is 0.129. The molecule has 40 heavy (non-hydrogen) atoms. The van der Waals surface area contributed by atoms with Gasteiger partial charge in [-0.25, -0.2) is 9.31 Å². The largest absolute Gasteiger partial charge is 0.497 e. The number of aromatic nitrogens is 2. The number of hydrogen-bond donors (Lipinski definition) is 2. The molecule has 3 aromatic carbocycles. The van der Waals surface area contributed by atoms with Crippen LogP contribution in [0.5, 0.6) is 17.2 Å². The van der Waals surface area contributed by atoms with Crippen LogP contribution in [-0.2, 0) is 11.2 Å². The minimum absolute atomic E-state index is 0.207. The summed E-state index contributed by atoms with van der Waals surface area (Å²) in [5.41, 5.74) is 4.63. The Morgan fingerprint density at radius 3 is 2.50 bits per heavy atom. The van der Waals surface area contributed by atoms with Crippen molar-refractivity contribution in [3.63, 3.8) is 0 Å². The second kappa shape index (κ2) is 11.9. The van der Waals surface area contributed by atoms with Gasteiger partial charge in [0.2, 0.25) is 0 Å². The van der Waals surface area contributed by atoms with E-state index < -0.39 is 6.09 Å². The van der Waals surface area contributed by atoms with E-state index in [1.54, 1.807) is 17.8 Å². The molecule has 9 heteroatoms. The first-order valence-electron chi connectivity index (χ1n) is 12.6. The molecule has 0 aliphatic carbocycles. The van der Waals surface area contributed by atoms with Crippen molar-refractivity contribution in [1.29, 1.82) is 5.26 Å². The van der Waals surface area contributed by atoms with Gasteiger partial charge in [0.05, 0.1) is 48.6 Å². The molecule has 1 amide bonds. The van der Waals surface area contributed by atoms with Crippen LogP contribution in [0.2, 0.25) is 0 Å². The summed E-state index contributed by atoms with van der Waals surface area (Å²) in [5, 5.41) is 20.3. The number of carbonyl (C=O) groups excluding carboxylic acids is 1. The predicted molar refractivity (Wildman–Crippen MR) is 153 cm³/mol. The van der Waals surface area contributed by atoms with Crippen LogP contribution in [0.3, 0.4) is 0 Å². The van der Waals surface area contributed by atoms with E-state index in [1.165, 1.54) is 6.20 Å². The fourth-order valence-corrected chi connectivity index (χ4v) is 4.24. The molecule has 0 aliphatic rings. The maximum absolute atomic E-state index is 12.5. The molecule has 0 saturated heterocycles. The molecule has 0 aliphatic heterocycles. The number of hydrogen-bond acceptors (Lipinski definition) is 7. The number of para-hydroxylation sites is 1. The van der Waals surface area contributed by atoms with Gasteiger partial charge in [-0.2, -0.15) is 10.4 Å². The van der Waals surface area contributed by atoms with Crippen molar-refractivity contribution >= 4 is 28.7 Å². The Labute approximate surface area is 231 Å². The first-order chi connectivity index (χ1) is 19.5. The van der Waals surface area contributed by atoms with Crippen LogP contribution in [0.15, 0.2) is 91.3 Å². The average Bonchev–Trinajstić information content (AvgIpc) is 3.29.